The Kier molecular flexibility index (Phi) is 3.23. The smallest absolute Gasteiger partial charge is 0.214 e. The van der Waals surface area contributed by atoms with Crippen LogP contribution in [0.1, 0.15) is 32.2 Å². The summed E-state index contributed by atoms with van der Waals surface area (Å²) in [5.41, 5.74) is 2.08. The van der Waals surface area contributed by atoms with Crippen molar-refractivity contribution in [2.45, 2.75) is 26.2 Å². The van der Waals surface area contributed by atoms with Gasteiger partial charge in [-0.05, 0) is 12.1 Å². The van der Waals surface area contributed by atoms with Gasteiger partial charge < -0.3 is 0 Å². The van der Waals surface area contributed by atoms with Crippen LogP contribution in [0, 0.1) is 11.3 Å². The molecule has 1 aromatic carbocycles. The quantitative estimate of drug-likeness (QED) is 0.673. The second-order valence-electron chi connectivity index (χ2n) is 5.78. The molecule has 4 nitrogen and oxygen atoms in total. The standard InChI is InChI=1S/C15H13ClN4S/c1-15(2,3)12-11(8-17)20-14(18-12)21-13(19-20)9-4-6-10(16)7-5-9/h4-7H,1-3H3. The lowest BCUT2D eigenvalue weighted by molar-refractivity contribution is 0.570. The molecular weight excluding hydrogens is 304 g/mol. The second-order valence-corrected chi connectivity index (χ2v) is 7.17. The van der Waals surface area contributed by atoms with E-state index in [0.29, 0.717) is 10.7 Å². The Morgan fingerprint density at radius 1 is 1.24 bits per heavy atom. The van der Waals surface area contributed by atoms with E-state index < -0.39 is 0 Å². The van der Waals surface area contributed by atoms with Gasteiger partial charge in [-0.1, -0.05) is 55.8 Å². The third-order valence-electron chi connectivity index (χ3n) is 3.11. The van der Waals surface area contributed by atoms with Gasteiger partial charge in [0.2, 0.25) is 4.96 Å². The van der Waals surface area contributed by atoms with Crippen LogP contribution in [0.5, 0.6) is 0 Å². The van der Waals surface area contributed by atoms with Crippen molar-refractivity contribution in [1.82, 2.24) is 14.6 Å². The van der Waals surface area contributed by atoms with Gasteiger partial charge in [0.25, 0.3) is 0 Å². The molecule has 0 saturated carbocycles. The molecule has 3 rings (SSSR count). The summed E-state index contributed by atoms with van der Waals surface area (Å²) < 4.78 is 1.63. The summed E-state index contributed by atoms with van der Waals surface area (Å²) in [7, 11) is 0. The summed E-state index contributed by atoms with van der Waals surface area (Å²) in [4.78, 5) is 5.33. The van der Waals surface area contributed by atoms with Crippen LogP contribution in [-0.4, -0.2) is 14.6 Å². The number of nitrogens with zero attached hydrogens (tertiary/aromatic N) is 4. The van der Waals surface area contributed by atoms with Crippen LogP contribution in [-0.2, 0) is 5.41 Å². The average molecular weight is 317 g/mol. The van der Waals surface area contributed by atoms with Crippen LogP contribution in [0.4, 0.5) is 0 Å². The summed E-state index contributed by atoms with van der Waals surface area (Å²) in [5.74, 6) is 0. The molecule has 0 atom stereocenters. The highest BCUT2D eigenvalue weighted by molar-refractivity contribution is 7.19. The molecule has 106 valence electrons. The van der Waals surface area contributed by atoms with Crippen molar-refractivity contribution in [3.8, 4) is 16.6 Å². The van der Waals surface area contributed by atoms with E-state index in [1.807, 2.05) is 45.0 Å². The van der Waals surface area contributed by atoms with Gasteiger partial charge in [0, 0.05) is 16.0 Å². The molecule has 0 radical (unpaired) electrons. The van der Waals surface area contributed by atoms with E-state index in [9.17, 15) is 5.26 Å². The normalized spacial score (nSPS) is 11.8. The molecule has 2 aromatic heterocycles. The van der Waals surface area contributed by atoms with E-state index >= 15 is 0 Å². The summed E-state index contributed by atoms with van der Waals surface area (Å²) in [6, 6.07) is 9.70. The lowest BCUT2D eigenvalue weighted by Crippen LogP contribution is -2.14. The molecule has 3 aromatic rings. The summed E-state index contributed by atoms with van der Waals surface area (Å²) in [6.45, 7) is 6.13. The molecule has 0 spiro atoms. The molecule has 2 heterocycles. The lowest BCUT2D eigenvalue weighted by atomic mass is 9.91. The number of hydrogen-bond donors (Lipinski definition) is 0. The molecule has 6 heteroatoms. The predicted molar refractivity (Wildman–Crippen MR) is 84.7 cm³/mol. The fourth-order valence-corrected chi connectivity index (χ4v) is 3.11. The van der Waals surface area contributed by atoms with E-state index in [0.717, 1.165) is 21.2 Å². The summed E-state index contributed by atoms with van der Waals surface area (Å²) in [5, 5.41) is 15.5. The number of nitriles is 1. The van der Waals surface area contributed by atoms with Gasteiger partial charge in [-0.2, -0.15) is 14.9 Å². The van der Waals surface area contributed by atoms with Crippen molar-refractivity contribution in [2.24, 2.45) is 0 Å². The van der Waals surface area contributed by atoms with Gasteiger partial charge in [-0.25, -0.2) is 4.98 Å². The van der Waals surface area contributed by atoms with Crippen molar-refractivity contribution in [1.29, 1.82) is 5.26 Å². The molecule has 21 heavy (non-hydrogen) atoms. The molecule has 0 bridgehead atoms. The fraction of sp³-hybridized carbons (Fsp3) is 0.267. The minimum Gasteiger partial charge on any atom is -0.221 e. The largest absolute Gasteiger partial charge is 0.221 e. The van der Waals surface area contributed by atoms with Crippen LogP contribution >= 0.6 is 22.9 Å². The molecule has 0 saturated heterocycles. The second kappa shape index (κ2) is 4.83. The van der Waals surface area contributed by atoms with E-state index in [-0.39, 0.29) is 5.41 Å². The van der Waals surface area contributed by atoms with Crippen LogP contribution in [0.2, 0.25) is 5.02 Å². The molecule has 0 fully saturated rings. The number of imidazole rings is 1. The third kappa shape index (κ3) is 2.41. The van der Waals surface area contributed by atoms with Crippen LogP contribution in [0.15, 0.2) is 24.3 Å². The number of benzene rings is 1. The van der Waals surface area contributed by atoms with Gasteiger partial charge in [0.05, 0.1) is 5.69 Å². The number of halogens is 1. The first-order valence-electron chi connectivity index (χ1n) is 6.46. The zero-order valence-electron chi connectivity index (χ0n) is 11.9. The van der Waals surface area contributed by atoms with Gasteiger partial charge in [-0.15, -0.1) is 0 Å². The Morgan fingerprint density at radius 2 is 1.90 bits per heavy atom. The molecule has 0 N–H and O–H groups in total. The number of fused-ring (bicyclic) bond motifs is 1. The van der Waals surface area contributed by atoms with E-state index in [1.54, 1.807) is 4.52 Å². The fourth-order valence-electron chi connectivity index (χ4n) is 2.08. The number of hydrogen-bond acceptors (Lipinski definition) is 4. The van der Waals surface area contributed by atoms with Gasteiger partial charge in [0.15, 0.2) is 5.69 Å². The first kappa shape index (κ1) is 14.1. The van der Waals surface area contributed by atoms with E-state index in [4.69, 9.17) is 11.6 Å². The average Bonchev–Trinajstić information content (AvgIpc) is 2.95. The minimum atomic E-state index is -0.182. The van der Waals surface area contributed by atoms with E-state index in [1.165, 1.54) is 11.3 Å². The zero-order chi connectivity index (χ0) is 15.2. The number of aromatic nitrogens is 3. The maximum atomic E-state index is 9.42. The highest BCUT2D eigenvalue weighted by Crippen LogP contribution is 2.31. The maximum absolute atomic E-state index is 9.42. The first-order valence-corrected chi connectivity index (χ1v) is 7.65. The van der Waals surface area contributed by atoms with Crippen LogP contribution < -0.4 is 0 Å². The third-order valence-corrected chi connectivity index (χ3v) is 4.32. The first-order chi connectivity index (χ1) is 9.90. The topological polar surface area (TPSA) is 54.0 Å². The van der Waals surface area contributed by atoms with Gasteiger partial charge in [-0.3, -0.25) is 0 Å². The van der Waals surface area contributed by atoms with Gasteiger partial charge in [0.1, 0.15) is 11.1 Å². The molecule has 0 unspecified atom stereocenters. The molecule has 0 amide bonds. The Balaban J connectivity index is 2.17. The van der Waals surface area contributed by atoms with Crippen molar-refractivity contribution in [2.75, 3.05) is 0 Å². The Labute approximate surface area is 131 Å². The SMILES string of the molecule is CC(C)(C)c1nc2sc(-c3ccc(Cl)cc3)nn2c1C#N. The highest BCUT2D eigenvalue weighted by atomic mass is 35.5. The number of rotatable bonds is 1. The molecule has 0 aliphatic rings. The highest BCUT2D eigenvalue weighted by Gasteiger charge is 2.26. The Morgan fingerprint density at radius 3 is 2.48 bits per heavy atom. The van der Waals surface area contributed by atoms with Crippen molar-refractivity contribution in [3.63, 3.8) is 0 Å². The van der Waals surface area contributed by atoms with Crippen molar-refractivity contribution >= 4 is 27.9 Å². The van der Waals surface area contributed by atoms with Crippen LogP contribution in [0.3, 0.4) is 0 Å². The Hall–Kier alpha value is -1.90. The minimum absolute atomic E-state index is 0.182. The zero-order valence-corrected chi connectivity index (χ0v) is 13.5. The van der Waals surface area contributed by atoms with Gasteiger partial charge >= 0.3 is 0 Å². The molecule has 0 aliphatic heterocycles. The molecular formula is C15H13ClN4S. The Bertz CT molecular complexity index is 847. The molecule has 0 aliphatic carbocycles. The van der Waals surface area contributed by atoms with E-state index in [2.05, 4.69) is 16.2 Å². The maximum Gasteiger partial charge on any atom is 0.214 e. The predicted octanol–water partition coefficient (Wildman–Crippen LogP) is 4.28. The summed E-state index contributed by atoms with van der Waals surface area (Å²) >= 11 is 7.37. The monoisotopic (exact) mass is 316 g/mol. The lowest BCUT2D eigenvalue weighted by Gasteiger charge is -2.14. The van der Waals surface area contributed by atoms with Crippen molar-refractivity contribution in [3.05, 3.63) is 40.7 Å². The van der Waals surface area contributed by atoms with Crippen LogP contribution in [0.25, 0.3) is 15.5 Å². The van der Waals surface area contributed by atoms with Crippen molar-refractivity contribution < 1.29 is 0 Å². The summed E-state index contributed by atoms with van der Waals surface area (Å²) in [6.07, 6.45) is 0.